The average Bonchev–Trinajstić information content (AvgIpc) is 2.43. The summed E-state index contributed by atoms with van der Waals surface area (Å²) >= 11 is 0. The number of aryl methyl sites for hydroxylation is 2. The van der Waals surface area contributed by atoms with Crippen molar-refractivity contribution < 1.29 is 0 Å². The van der Waals surface area contributed by atoms with Gasteiger partial charge in [-0.2, -0.15) is 0 Å². The van der Waals surface area contributed by atoms with Crippen LogP contribution >= 0.6 is 0 Å². The van der Waals surface area contributed by atoms with E-state index in [4.69, 9.17) is 0 Å². The predicted octanol–water partition coefficient (Wildman–Crippen LogP) is 2.65. The lowest BCUT2D eigenvalue weighted by Gasteiger charge is -2.33. The number of aromatic nitrogens is 1. The van der Waals surface area contributed by atoms with E-state index < -0.39 is 0 Å². The fourth-order valence-corrected chi connectivity index (χ4v) is 2.83. The first-order chi connectivity index (χ1) is 9.15. The summed E-state index contributed by atoms with van der Waals surface area (Å²) in [5, 5.41) is 6.07. The van der Waals surface area contributed by atoms with Gasteiger partial charge in [0.15, 0.2) is 0 Å². The second-order valence-corrected chi connectivity index (χ2v) is 5.59. The van der Waals surface area contributed by atoms with Crippen molar-refractivity contribution in [3.05, 3.63) is 35.5 Å². The van der Waals surface area contributed by atoms with Crippen LogP contribution < -0.4 is 10.2 Å². The van der Waals surface area contributed by atoms with Gasteiger partial charge in [-0.05, 0) is 43.4 Å². The van der Waals surface area contributed by atoms with Crippen LogP contribution in [0.5, 0.6) is 0 Å². The molecule has 100 valence electrons. The SMILES string of the molecule is Cc1ccc(C)c2cc(N3CCNC(C)C3)ncc12. The Morgan fingerprint density at radius 1 is 1.21 bits per heavy atom. The molecule has 0 spiro atoms. The van der Waals surface area contributed by atoms with Crippen LogP contribution in [-0.2, 0) is 0 Å². The molecule has 1 aliphatic heterocycles. The monoisotopic (exact) mass is 255 g/mol. The lowest BCUT2D eigenvalue weighted by atomic mass is 10.0. The quantitative estimate of drug-likeness (QED) is 0.849. The lowest BCUT2D eigenvalue weighted by Crippen LogP contribution is -2.49. The maximum absolute atomic E-state index is 4.67. The van der Waals surface area contributed by atoms with Crippen LogP contribution in [0.25, 0.3) is 10.8 Å². The standard InChI is InChI=1S/C16H21N3/c1-11-4-5-12(2)15-9-18-16(8-14(11)15)19-7-6-17-13(3)10-19/h4-5,8-9,13,17H,6-7,10H2,1-3H3. The molecule has 3 nitrogen and oxygen atoms in total. The van der Waals surface area contributed by atoms with E-state index in [1.165, 1.54) is 21.9 Å². The molecule has 2 heterocycles. The highest BCUT2D eigenvalue weighted by molar-refractivity contribution is 5.89. The molecule has 19 heavy (non-hydrogen) atoms. The van der Waals surface area contributed by atoms with E-state index in [1.807, 2.05) is 6.20 Å². The topological polar surface area (TPSA) is 28.2 Å². The largest absolute Gasteiger partial charge is 0.354 e. The summed E-state index contributed by atoms with van der Waals surface area (Å²) in [4.78, 5) is 7.04. The van der Waals surface area contributed by atoms with Crippen molar-refractivity contribution in [2.75, 3.05) is 24.5 Å². The number of rotatable bonds is 1. The molecule has 1 N–H and O–H groups in total. The van der Waals surface area contributed by atoms with E-state index in [1.54, 1.807) is 0 Å². The third-order valence-corrected chi connectivity index (χ3v) is 4.02. The highest BCUT2D eigenvalue weighted by Crippen LogP contribution is 2.25. The molecule has 1 fully saturated rings. The van der Waals surface area contributed by atoms with Gasteiger partial charge in [-0.1, -0.05) is 12.1 Å². The Bertz CT molecular complexity index is 606. The second kappa shape index (κ2) is 4.82. The maximum Gasteiger partial charge on any atom is 0.129 e. The molecule has 3 rings (SSSR count). The molecule has 3 heteroatoms. The Kier molecular flexibility index (Phi) is 3.15. The van der Waals surface area contributed by atoms with Crippen LogP contribution in [0.1, 0.15) is 18.1 Å². The van der Waals surface area contributed by atoms with Crippen molar-refractivity contribution in [2.45, 2.75) is 26.8 Å². The summed E-state index contributed by atoms with van der Waals surface area (Å²) < 4.78 is 0. The van der Waals surface area contributed by atoms with Crippen molar-refractivity contribution in [3.63, 3.8) is 0 Å². The molecule has 1 unspecified atom stereocenters. The first-order valence-corrected chi connectivity index (χ1v) is 6.99. The number of anilines is 1. The van der Waals surface area contributed by atoms with Gasteiger partial charge in [0.1, 0.15) is 5.82 Å². The average molecular weight is 255 g/mol. The van der Waals surface area contributed by atoms with Gasteiger partial charge in [-0.15, -0.1) is 0 Å². The van der Waals surface area contributed by atoms with Crippen molar-refractivity contribution in [2.24, 2.45) is 0 Å². The summed E-state index contributed by atoms with van der Waals surface area (Å²) in [5.41, 5.74) is 2.63. The van der Waals surface area contributed by atoms with Crippen molar-refractivity contribution in [3.8, 4) is 0 Å². The first kappa shape index (κ1) is 12.4. The van der Waals surface area contributed by atoms with Gasteiger partial charge >= 0.3 is 0 Å². The third kappa shape index (κ3) is 2.30. The minimum absolute atomic E-state index is 0.532. The Morgan fingerprint density at radius 2 is 1.95 bits per heavy atom. The smallest absolute Gasteiger partial charge is 0.129 e. The van der Waals surface area contributed by atoms with E-state index in [2.05, 4.69) is 54.2 Å². The van der Waals surface area contributed by atoms with Gasteiger partial charge in [0.05, 0.1) is 0 Å². The minimum atomic E-state index is 0.532. The molecule has 1 aromatic heterocycles. The molecule has 0 bridgehead atoms. The van der Waals surface area contributed by atoms with Gasteiger partial charge in [0.25, 0.3) is 0 Å². The van der Waals surface area contributed by atoms with Gasteiger partial charge in [0, 0.05) is 37.3 Å². The number of hydrogen-bond acceptors (Lipinski definition) is 3. The molecule has 0 aliphatic carbocycles. The molecule has 0 saturated carbocycles. The zero-order valence-corrected chi connectivity index (χ0v) is 11.9. The lowest BCUT2D eigenvalue weighted by molar-refractivity contribution is 0.482. The number of fused-ring (bicyclic) bond motifs is 1. The van der Waals surface area contributed by atoms with E-state index >= 15 is 0 Å². The Labute approximate surface area is 114 Å². The molecule has 1 atom stereocenters. The van der Waals surface area contributed by atoms with Crippen molar-refractivity contribution in [1.29, 1.82) is 0 Å². The Hall–Kier alpha value is -1.61. The maximum atomic E-state index is 4.67. The fourth-order valence-electron chi connectivity index (χ4n) is 2.83. The first-order valence-electron chi connectivity index (χ1n) is 6.99. The summed E-state index contributed by atoms with van der Waals surface area (Å²) in [5.74, 6) is 1.11. The summed E-state index contributed by atoms with van der Waals surface area (Å²) in [6.45, 7) is 9.65. The number of nitrogens with one attached hydrogen (secondary N) is 1. The van der Waals surface area contributed by atoms with Crippen molar-refractivity contribution >= 4 is 16.6 Å². The van der Waals surface area contributed by atoms with Crippen LogP contribution in [0, 0.1) is 13.8 Å². The number of hydrogen-bond donors (Lipinski definition) is 1. The van der Waals surface area contributed by atoms with Crippen LogP contribution in [0.2, 0.25) is 0 Å². The van der Waals surface area contributed by atoms with E-state index in [0.717, 1.165) is 25.5 Å². The zero-order valence-electron chi connectivity index (χ0n) is 11.9. The highest BCUT2D eigenvalue weighted by Gasteiger charge is 2.17. The molecule has 1 aliphatic rings. The summed E-state index contributed by atoms with van der Waals surface area (Å²) in [6.07, 6.45) is 2.03. The van der Waals surface area contributed by atoms with Crippen LogP contribution in [0.4, 0.5) is 5.82 Å². The Morgan fingerprint density at radius 3 is 2.68 bits per heavy atom. The fraction of sp³-hybridized carbons (Fsp3) is 0.438. The van der Waals surface area contributed by atoms with Crippen LogP contribution in [0.3, 0.4) is 0 Å². The molecule has 1 saturated heterocycles. The normalized spacial score (nSPS) is 19.9. The molecule has 0 radical (unpaired) electrons. The summed E-state index contributed by atoms with van der Waals surface area (Å²) in [6, 6.07) is 7.15. The molecule has 2 aromatic rings. The molecular weight excluding hydrogens is 234 g/mol. The number of nitrogens with zero attached hydrogens (tertiary/aromatic N) is 2. The van der Waals surface area contributed by atoms with Crippen LogP contribution in [0.15, 0.2) is 24.4 Å². The van der Waals surface area contributed by atoms with Gasteiger partial charge in [0.2, 0.25) is 0 Å². The van der Waals surface area contributed by atoms with Gasteiger partial charge < -0.3 is 10.2 Å². The Balaban J connectivity index is 2.04. The molecule has 1 aromatic carbocycles. The highest BCUT2D eigenvalue weighted by atomic mass is 15.2. The number of piperazine rings is 1. The summed E-state index contributed by atoms with van der Waals surface area (Å²) in [7, 11) is 0. The van der Waals surface area contributed by atoms with Crippen molar-refractivity contribution in [1.82, 2.24) is 10.3 Å². The van der Waals surface area contributed by atoms with Gasteiger partial charge in [-0.3, -0.25) is 0 Å². The number of pyridine rings is 1. The van der Waals surface area contributed by atoms with Gasteiger partial charge in [-0.25, -0.2) is 4.98 Å². The predicted molar refractivity (Wildman–Crippen MR) is 80.9 cm³/mol. The molecular formula is C16H21N3. The zero-order chi connectivity index (χ0) is 13.4. The molecule has 0 amide bonds. The number of benzene rings is 1. The van der Waals surface area contributed by atoms with E-state index in [-0.39, 0.29) is 0 Å². The van der Waals surface area contributed by atoms with E-state index in [0.29, 0.717) is 6.04 Å². The third-order valence-electron chi connectivity index (χ3n) is 4.02. The minimum Gasteiger partial charge on any atom is -0.354 e. The van der Waals surface area contributed by atoms with E-state index in [9.17, 15) is 0 Å². The van der Waals surface area contributed by atoms with Crippen LogP contribution in [-0.4, -0.2) is 30.7 Å². The second-order valence-electron chi connectivity index (χ2n) is 5.59.